The predicted molar refractivity (Wildman–Crippen MR) is 82.7 cm³/mol. The Morgan fingerprint density at radius 2 is 1.86 bits per heavy atom. The first-order valence-electron chi connectivity index (χ1n) is 6.82. The Kier molecular flexibility index (Phi) is 3.70. The first-order chi connectivity index (χ1) is 10.6. The quantitative estimate of drug-likeness (QED) is 0.803. The Labute approximate surface area is 127 Å². The van der Waals surface area contributed by atoms with Gasteiger partial charge in [0, 0.05) is 17.3 Å². The molecule has 3 aromatic rings. The van der Waals surface area contributed by atoms with Crippen LogP contribution in [0.4, 0.5) is 10.2 Å². The molecule has 0 aliphatic carbocycles. The van der Waals surface area contributed by atoms with Gasteiger partial charge in [0.25, 0.3) is 5.91 Å². The van der Waals surface area contributed by atoms with Crippen LogP contribution >= 0.6 is 0 Å². The highest BCUT2D eigenvalue weighted by Crippen LogP contribution is 2.15. The zero-order valence-electron chi connectivity index (χ0n) is 12.0. The molecule has 22 heavy (non-hydrogen) atoms. The summed E-state index contributed by atoms with van der Waals surface area (Å²) in [4.78, 5) is 12.1. The number of carbonyl (C=O) groups excluding carboxylic acids is 1. The predicted octanol–water partition coefficient (Wildman–Crippen LogP) is 3.57. The van der Waals surface area contributed by atoms with Crippen LogP contribution in [0.15, 0.2) is 60.7 Å². The lowest BCUT2D eigenvalue weighted by Crippen LogP contribution is -2.12. The van der Waals surface area contributed by atoms with Crippen LogP contribution in [0.5, 0.6) is 0 Å². The van der Waals surface area contributed by atoms with E-state index in [0.717, 1.165) is 11.4 Å². The van der Waals surface area contributed by atoms with Gasteiger partial charge in [0.05, 0.1) is 5.69 Å². The van der Waals surface area contributed by atoms with Crippen molar-refractivity contribution in [3.8, 4) is 5.69 Å². The number of amides is 1. The second-order valence-corrected chi connectivity index (χ2v) is 4.88. The lowest BCUT2D eigenvalue weighted by Gasteiger charge is -2.03. The van der Waals surface area contributed by atoms with Crippen LogP contribution in [0.3, 0.4) is 0 Å². The van der Waals surface area contributed by atoms with Crippen molar-refractivity contribution >= 4 is 11.7 Å². The Hall–Kier alpha value is -2.95. The maximum atomic E-state index is 13.2. The van der Waals surface area contributed by atoms with E-state index in [1.165, 1.54) is 18.2 Å². The molecule has 0 aliphatic heterocycles. The smallest absolute Gasteiger partial charge is 0.256 e. The average molecular weight is 295 g/mol. The topological polar surface area (TPSA) is 46.9 Å². The summed E-state index contributed by atoms with van der Waals surface area (Å²) in [6.07, 6.45) is 0. The summed E-state index contributed by atoms with van der Waals surface area (Å²) in [6, 6.07) is 16.9. The number of anilines is 1. The Morgan fingerprint density at radius 3 is 2.59 bits per heavy atom. The van der Waals surface area contributed by atoms with Gasteiger partial charge < -0.3 is 5.32 Å². The second-order valence-electron chi connectivity index (χ2n) is 4.88. The summed E-state index contributed by atoms with van der Waals surface area (Å²) in [6.45, 7) is 1.90. The summed E-state index contributed by atoms with van der Waals surface area (Å²) < 4.78 is 14.9. The van der Waals surface area contributed by atoms with Crippen molar-refractivity contribution in [1.29, 1.82) is 0 Å². The largest absolute Gasteiger partial charge is 0.305 e. The fraction of sp³-hybridized carbons (Fsp3) is 0.0588. The molecule has 1 aromatic heterocycles. The number of halogens is 1. The number of aryl methyl sites for hydroxylation is 1. The number of aromatic nitrogens is 2. The number of para-hydroxylation sites is 1. The molecule has 0 unspecified atom stereocenters. The van der Waals surface area contributed by atoms with E-state index in [1.807, 2.05) is 37.3 Å². The molecule has 0 saturated carbocycles. The number of nitrogens with one attached hydrogen (secondary N) is 1. The van der Waals surface area contributed by atoms with Gasteiger partial charge in [-0.15, -0.1) is 5.10 Å². The summed E-state index contributed by atoms with van der Waals surface area (Å²) in [7, 11) is 0. The van der Waals surface area contributed by atoms with Crippen molar-refractivity contribution in [3.63, 3.8) is 0 Å². The van der Waals surface area contributed by atoms with E-state index in [4.69, 9.17) is 0 Å². The minimum absolute atomic E-state index is 0.256. The minimum atomic E-state index is -0.446. The van der Waals surface area contributed by atoms with Crippen molar-refractivity contribution in [2.45, 2.75) is 6.92 Å². The van der Waals surface area contributed by atoms with Crippen LogP contribution in [-0.2, 0) is 0 Å². The molecule has 1 N–H and O–H groups in total. The van der Waals surface area contributed by atoms with Gasteiger partial charge >= 0.3 is 0 Å². The molecule has 3 rings (SSSR count). The fourth-order valence-corrected chi connectivity index (χ4v) is 2.18. The lowest BCUT2D eigenvalue weighted by atomic mass is 10.2. The molecular weight excluding hydrogens is 281 g/mol. The molecule has 0 aliphatic rings. The van der Waals surface area contributed by atoms with Crippen LogP contribution in [0, 0.1) is 12.7 Å². The number of hydrogen-bond acceptors (Lipinski definition) is 2. The van der Waals surface area contributed by atoms with Crippen molar-refractivity contribution in [2.75, 3.05) is 5.32 Å². The van der Waals surface area contributed by atoms with E-state index >= 15 is 0 Å². The molecule has 0 spiro atoms. The molecule has 0 atom stereocenters. The van der Waals surface area contributed by atoms with Gasteiger partial charge in [-0.05, 0) is 37.3 Å². The van der Waals surface area contributed by atoms with Crippen LogP contribution in [-0.4, -0.2) is 15.7 Å². The van der Waals surface area contributed by atoms with E-state index in [0.29, 0.717) is 5.82 Å². The third-order valence-electron chi connectivity index (χ3n) is 3.22. The Morgan fingerprint density at radius 1 is 1.09 bits per heavy atom. The van der Waals surface area contributed by atoms with Gasteiger partial charge in [-0.2, -0.15) is 0 Å². The number of rotatable bonds is 3. The van der Waals surface area contributed by atoms with Crippen LogP contribution in [0.1, 0.15) is 16.1 Å². The van der Waals surface area contributed by atoms with Gasteiger partial charge in [-0.3, -0.25) is 4.79 Å². The summed E-state index contributed by atoms with van der Waals surface area (Å²) in [5.74, 6) is -0.411. The second kappa shape index (κ2) is 5.81. The van der Waals surface area contributed by atoms with Gasteiger partial charge in [-0.1, -0.05) is 24.3 Å². The maximum absolute atomic E-state index is 13.2. The van der Waals surface area contributed by atoms with Crippen molar-refractivity contribution < 1.29 is 9.18 Å². The zero-order chi connectivity index (χ0) is 15.5. The van der Waals surface area contributed by atoms with Crippen molar-refractivity contribution in [3.05, 3.63) is 77.7 Å². The third-order valence-corrected chi connectivity index (χ3v) is 3.22. The molecule has 0 saturated heterocycles. The van der Waals surface area contributed by atoms with Crippen LogP contribution < -0.4 is 5.32 Å². The summed E-state index contributed by atoms with van der Waals surface area (Å²) in [5.41, 5.74) is 2.05. The molecule has 0 radical (unpaired) electrons. The monoisotopic (exact) mass is 295 g/mol. The molecule has 5 heteroatoms. The standard InChI is InChI=1S/C17H14FN3O/c1-12-10-16(20-21(12)15-8-3-2-4-9-15)19-17(22)13-6-5-7-14(18)11-13/h2-11H,1H3,(H,19,20,22). The highest BCUT2D eigenvalue weighted by atomic mass is 19.1. The highest BCUT2D eigenvalue weighted by molar-refractivity contribution is 6.03. The molecule has 1 heterocycles. The van der Waals surface area contributed by atoms with Crippen LogP contribution in [0.25, 0.3) is 5.69 Å². The molecule has 0 fully saturated rings. The zero-order valence-corrected chi connectivity index (χ0v) is 12.0. The Bertz CT molecular complexity index is 812. The van der Waals surface area contributed by atoms with Crippen molar-refractivity contribution in [1.82, 2.24) is 9.78 Å². The molecule has 4 nitrogen and oxygen atoms in total. The number of hydrogen-bond donors (Lipinski definition) is 1. The van der Waals surface area contributed by atoms with Gasteiger partial charge in [0.2, 0.25) is 0 Å². The fourth-order valence-electron chi connectivity index (χ4n) is 2.18. The van der Waals surface area contributed by atoms with E-state index in [9.17, 15) is 9.18 Å². The van der Waals surface area contributed by atoms with E-state index in [-0.39, 0.29) is 5.56 Å². The SMILES string of the molecule is Cc1cc(NC(=O)c2cccc(F)c2)nn1-c1ccccc1. The van der Waals surface area contributed by atoms with E-state index < -0.39 is 11.7 Å². The number of nitrogens with zero attached hydrogens (tertiary/aromatic N) is 2. The van der Waals surface area contributed by atoms with E-state index in [1.54, 1.807) is 16.8 Å². The van der Waals surface area contributed by atoms with Gasteiger partial charge in [-0.25, -0.2) is 9.07 Å². The van der Waals surface area contributed by atoms with Crippen LogP contribution in [0.2, 0.25) is 0 Å². The average Bonchev–Trinajstić information content (AvgIpc) is 2.88. The first-order valence-corrected chi connectivity index (χ1v) is 6.82. The summed E-state index contributed by atoms with van der Waals surface area (Å²) >= 11 is 0. The third kappa shape index (κ3) is 2.88. The summed E-state index contributed by atoms with van der Waals surface area (Å²) in [5, 5.41) is 7.04. The van der Waals surface area contributed by atoms with Gasteiger partial charge in [0.15, 0.2) is 5.82 Å². The normalized spacial score (nSPS) is 10.5. The molecule has 0 bridgehead atoms. The van der Waals surface area contributed by atoms with Crippen molar-refractivity contribution in [2.24, 2.45) is 0 Å². The molecular formula is C17H14FN3O. The highest BCUT2D eigenvalue weighted by Gasteiger charge is 2.11. The number of carbonyl (C=O) groups is 1. The molecule has 1 amide bonds. The number of benzene rings is 2. The van der Waals surface area contributed by atoms with Gasteiger partial charge in [0.1, 0.15) is 5.82 Å². The molecule has 110 valence electrons. The minimum Gasteiger partial charge on any atom is -0.305 e. The molecule has 2 aromatic carbocycles. The maximum Gasteiger partial charge on any atom is 0.256 e. The first kappa shape index (κ1) is 14.0. The van der Waals surface area contributed by atoms with E-state index in [2.05, 4.69) is 10.4 Å². The lowest BCUT2D eigenvalue weighted by molar-refractivity contribution is 0.102. The Balaban J connectivity index is 1.84.